The lowest BCUT2D eigenvalue weighted by atomic mass is 10.1. The van der Waals surface area contributed by atoms with Crippen molar-refractivity contribution in [1.29, 1.82) is 0 Å². The minimum absolute atomic E-state index is 0.0129. The molecule has 1 heterocycles. The molecule has 0 aliphatic heterocycles. The minimum Gasteiger partial charge on any atom is -0.493 e. The first-order chi connectivity index (χ1) is 14.3. The zero-order chi connectivity index (χ0) is 19.9. The molecular formula is C24H23N3O2. The first-order valence-electron chi connectivity index (χ1n) is 9.76. The number of nitrogens with one attached hydrogen (secondary N) is 1. The van der Waals surface area contributed by atoms with Crippen LogP contribution in [0.1, 0.15) is 18.4 Å². The molecule has 4 aromatic rings. The van der Waals surface area contributed by atoms with Gasteiger partial charge in [-0.3, -0.25) is 4.79 Å². The smallest absolute Gasteiger partial charge is 0.220 e. The van der Waals surface area contributed by atoms with Crippen LogP contribution in [0.25, 0.3) is 16.5 Å². The number of fused-ring (bicyclic) bond motifs is 1. The molecule has 0 radical (unpaired) electrons. The van der Waals surface area contributed by atoms with Gasteiger partial charge < -0.3 is 10.1 Å². The van der Waals surface area contributed by atoms with Gasteiger partial charge in [0.05, 0.1) is 18.5 Å². The Kier molecular flexibility index (Phi) is 5.86. The molecule has 0 aliphatic rings. The molecule has 1 N–H and O–H groups in total. The maximum absolute atomic E-state index is 12.1. The second kappa shape index (κ2) is 9.06. The Bertz CT molecular complexity index is 1080. The molecule has 0 bridgehead atoms. The molecule has 5 nitrogen and oxygen atoms in total. The molecule has 0 atom stereocenters. The standard InChI is InChI=1S/C24H23N3O2/c28-24(25-16-19-17-26-27(18-19)21-10-2-1-3-11-21)14-7-15-29-23-13-6-9-20-8-4-5-12-22(20)23/h1-6,8-13,17-18H,7,14-16H2,(H,25,28). The lowest BCUT2D eigenvalue weighted by molar-refractivity contribution is -0.121. The van der Waals surface area contributed by atoms with E-state index in [4.69, 9.17) is 4.74 Å². The molecule has 0 fully saturated rings. The summed E-state index contributed by atoms with van der Waals surface area (Å²) in [5, 5.41) is 9.53. The third-order valence-electron chi connectivity index (χ3n) is 4.70. The fourth-order valence-electron chi connectivity index (χ4n) is 3.20. The Morgan fingerprint density at radius 3 is 2.66 bits per heavy atom. The predicted octanol–water partition coefficient (Wildman–Crippen LogP) is 4.50. The van der Waals surface area contributed by atoms with Gasteiger partial charge in [-0.05, 0) is 30.0 Å². The number of rotatable bonds is 8. The number of hydrogen-bond acceptors (Lipinski definition) is 3. The van der Waals surface area contributed by atoms with Gasteiger partial charge in [0.25, 0.3) is 0 Å². The van der Waals surface area contributed by atoms with Crippen molar-refractivity contribution in [3.8, 4) is 11.4 Å². The quantitative estimate of drug-likeness (QED) is 0.454. The second-order valence-corrected chi connectivity index (χ2v) is 6.83. The van der Waals surface area contributed by atoms with Crippen molar-refractivity contribution in [1.82, 2.24) is 15.1 Å². The van der Waals surface area contributed by atoms with E-state index in [1.807, 2.05) is 66.9 Å². The molecule has 0 saturated heterocycles. The van der Waals surface area contributed by atoms with Crippen molar-refractivity contribution in [2.75, 3.05) is 6.61 Å². The number of carbonyl (C=O) groups is 1. The predicted molar refractivity (Wildman–Crippen MR) is 114 cm³/mol. The number of ether oxygens (including phenoxy) is 1. The van der Waals surface area contributed by atoms with Crippen LogP contribution in [-0.2, 0) is 11.3 Å². The van der Waals surface area contributed by atoms with Crippen molar-refractivity contribution in [3.63, 3.8) is 0 Å². The average Bonchev–Trinajstić information content (AvgIpc) is 3.25. The van der Waals surface area contributed by atoms with E-state index in [0.29, 0.717) is 26.0 Å². The van der Waals surface area contributed by atoms with E-state index in [0.717, 1.165) is 27.8 Å². The normalized spacial score (nSPS) is 10.8. The highest BCUT2D eigenvalue weighted by Gasteiger charge is 2.06. The first kappa shape index (κ1) is 18.7. The van der Waals surface area contributed by atoms with Gasteiger partial charge in [0.2, 0.25) is 5.91 Å². The molecule has 0 aliphatic carbocycles. The van der Waals surface area contributed by atoms with Crippen molar-refractivity contribution in [2.45, 2.75) is 19.4 Å². The highest BCUT2D eigenvalue weighted by atomic mass is 16.5. The van der Waals surface area contributed by atoms with Crippen LogP contribution in [0.3, 0.4) is 0 Å². The average molecular weight is 385 g/mol. The van der Waals surface area contributed by atoms with Gasteiger partial charge in [-0.15, -0.1) is 0 Å². The number of nitrogens with zero attached hydrogens (tertiary/aromatic N) is 2. The van der Waals surface area contributed by atoms with Gasteiger partial charge in [0, 0.05) is 30.1 Å². The SMILES string of the molecule is O=C(CCCOc1cccc2ccccc12)NCc1cnn(-c2ccccc2)c1. The van der Waals surface area contributed by atoms with E-state index < -0.39 is 0 Å². The number of para-hydroxylation sites is 1. The van der Waals surface area contributed by atoms with Crippen LogP contribution in [0.2, 0.25) is 0 Å². The van der Waals surface area contributed by atoms with Crippen LogP contribution in [-0.4, -0.2) is 22.3 Å². The van der Waals surface area contributed by atoms with Gasteiger partial charge in [-0.1, -0.05) is 54.6 Å². The lowest BCUT2D eigenvalue weighted by Crippen LogP contribution is -2.22. The maximum atomic E-state index is 12.1. The highest BCUT2D eigenvalue weighted by molar-refractivity contribution is 5.88. The van der Waals surface area contributed by atoms with E-state index in [2.05, 4.69) is 22.5 Å². The van der Waals surface area contributed by atoms with Crippen molar-refractivity contribution in [2.24, 2.45) is 0 Å². The molecular weight excluding hydrogens is 362 g/mol. The van der Waals surface area contributed by atoms with Crippen LogP contribution in [0.15, 0.2) is 85.2 Å². The molecule has 29 heavy (non-hydrogen) atoms. The highest BCUT2D eigenvalue weighted by Crippen LogP contribution is 2.25. The summed E-state index contributed by atoms with van der Waals surface area (Å²) >= 11 is 0. The molecule has 1 aromatic heterocycles. The fourth-order valence-corrected chi connectivity index (χ4v) is 3.20. The number of amides is 1. The summed E-state index contributed by atoms with van der Waals surface area (Å²) in [6, 6.07) is 24.0. The Hall–Kier alpha value is -3.60. The fraction of sp³-hybridized carbons (Fsp3) is 0.167. The van der Waals surface area contributed by atoms with Crippen molar-refractivity contribution >= 4 is 16.7 Å². The monoisotopic (exact) mass is 385 g/mol. The molecule has 0 unspecified atom stereocenters. The van der Waals surface area contributed by atoms with Crippen LogP contribution in [0, 0.1) is 0 Å². The second-order valence-electron chi connectivity index (χ2n) is 6.83. The van der Waals surface area contributed by atoms with Gasteiger partial charge in [0.15, 0.2) is 0 Å². The van der Waals surface area contributed by atoms with E-state index in [9.17, 15) is 4.79 Å². The molecule has 4 rings (SSSR count). The summed E-state index contributed by atoms with van der Waals surface area (Å²) in [5.41, 5.74) is 1.96. The van der Waals surface area contributed by atoms with Crippen LogP contribution in [0.5, 0.6) is 5.75 Å². The Morgan fingerprint density at radius 2 is 1.76 bits per heavy atom. The van der Waals surface area contributed by atoms with Crippen molar-refractivity contribution in [3.05, 3.63) is 90.8 Å². The van der Waals surface area contributed by atoms with Gasteiger partial charge in [0.1, 0.15) is 5.75 Å². The Morgan fingerprint density at radius 1 is 0.966 bits per heavy atom. The van der Waals surface area contributed by atoms with E-state index >= 15 is 0 Å². The third-order valence-corrected chi connectivity index (χ3v) is 4.70. The number of hydrogen-bond donors (Lipinski definition) is 1. The third kappa shape index (κ3) is 4.82. The molecule has 1 amide bonds. The molecule has 0 saturated carbocycles. The summed E-state index contributed by atoms with van der Waals surface area (Å²) in [4.78, 5) is 12.1. The number of benzene rings is 3. The molecule has 0 spiro atoms. The van der Waals surface area contributed by atoms with Crippen molar-refractivity contribution < 1.29 is 9.53 Å². The summed E-state index contributed by atoms with van der Waals surface area (Å²) in [6.45, 7) is 0.975. The summed E-state index contributed by atoms with van der Waals surface area (Å²) in [7, 11) is 0. The van der Waals surface area contributed by atoms with Crippen LogP contribution < -0.4 is 10.1 Å². The largest absolute Gasteiger partial charge is 0.493 e. The maximum Gasteiger partial charge on any atom is 0.220 e. The number of aromatic nitrogens is 2. The summed E-state index contributed by atoms with van der Waals surface area (Å²) in [6.07, 6.45) is 4.80. The zero-order valence-electron chi connectivity index (χ0n) is 16.1. The van der Waals surface area contributed by atoms with E-state index in [-0.39, 0.29) is 5.91 Å². The first-order valence-corrected chi connectivity index (χ1v) is 9.76. The van der Waals surface area contributed by atoms with Crippen LogP contribution in [0.4, 0.5) is 0 Å². The Balaban J connectivity index is 1.21. The van der Waals surface area contributed by atoms with Crippen LogP contribution >= 0.6 is 0 Å². The van der Waals surface area contributed by atoms with Gasteiger partial charge in [-0.2, -0.15) is 5.10 Å². The Labute approximate surface area is 169 Å². The van der Waals surface area contributed by atoms with E-state index in [1.54, 1.807) is 10.9 Å². The van der Waals surface area contributed by atoms with Gasteiger partial charge in [-0.25, -0.2) is 4.68 Å². The molecule has 3 aromatic carbocycles. The minimum atomic E-state index is 0.0129. The topological polar surface area (TPSA) is 56.1 Å². The van der Waals surface area contributed by atoms with E-state index in [1.165, 1.54) is 0 Å². The number of carbonyl (C=O) groups excluding carboxylic acids is 1. The summed E-state index contributed by atoms with van der Waals surface area (Å²) in [5.74, 6) is 0.871. The lowest BCUT2D eigenvalue weighted by Gasteiger charge is -2.09. The molecule has 5 heteroatoms. The zero-order valence-corrected chi connectivity index (χ0v) is 16.1. The summed E-state index contributed by atoms with van der Waals surface area (Å²) < 4.78 is 7.70. The molecule has 146 valence electrons. The van der Waals surface area contributed by atoms with Gasteiger partial charge >= 0.3 is 0 Å².